The summed E-state index contributed by atoms with van der Waals surface area (Å²) in [5.74, 6) is 1.05. The van der Waals surface area contributed by atoms with E-state index in [9.17, 15) is 0 Å². The molecule has 1 aliphatic carbocycles. The van der Waals surface area contributed by atoms with Gasteiger partial charge in [0.25, 0.3) is 0 Å². The van der Waals surface area contributed by atoms with E-state index in [0.717, 1.165) is 12.0 Å². The summed E-state index contributed by atoms with van der Waals surface area (Å²) in [7, 11) is 2.34. The lowest BCUT2D eigenvalue weighted by atomic mass is 9.84. The molecule has 1 aliphatic heterocycles. The van der Waals surface area contributed by atoms with Gasteiger partial charge in [0.2, 0.25) is 0 Å². The van der Waals surface area contributed by atoms with Crippen LogP contribution in [0.4, 0.5) is 0 Å². The molecule has 0 aromatic carbocycles. The van der Waals surface area contributed by atoms with Gasteiger partial charge in [0.05, 0.1) is 13.1 Å². The maximum absolute atomic E-state index is 2.36. The number of rotatable bonds is 2. The Hall–Kier alpha value is -0.0800. The van der Waals surface area contributed by atoms with E-state index in [4.69, 9.17) is 0 Å². The lowest BCUT2D eigenvalue weighted by Crippen LogP contribution is -3.28. The molecule has 88 valence electrons. The number of quaternary nitrogens is 2. The largest absolute Gasteiger partial charge is 0.328 e. The van der Waals surface area contributed by atoms with Gasteiger partial charge in [0, 0.05) is 0 Å². The number of piperazine rings is 1. The van der Waals surface area contributed by atoms with Crippen LogP contribution in [0.1, 0.15) is 39.0 Å². The third-order valence-corrected chi connectivity index (χ3v) is 4.75. The van der Waals surface area contributed by atoms with Crippen molar-refractivity contribution in [1.82, 2.24) is 0 Å². The van der Waals surface area contributed by atoms with Crippen LogP contribution in [-0.2, 0) is 0 Å². The molecule has 0 aromatic rings. The van der Waals surface area contributed by atoms with Crippen molar-refractivity contribution in [2.24, 2.45) is 5.92 Å². The molecule has 1 saturated carbocycles. The fourth-order valence-electron chi connectivity index (χ4n) is 3.39. The highest BCUT2D eigenvalue weighted by Crippen LogP contribution is 2.25. The minimum atomic E-state index is 1.01. The Kier molecular flexibility index (Phi) is 4.04. The molecule has 2 rings (SSSR count). The topological polar surface area (TPSA) is 8.88 Å². The molecule has 0 amide bonds. The zero-order valence-corrected chi connectivity index (χ0v) is 10.5. The second kappa shape index (κ2) is 5.31. The van der Waals surface area contributed by atoms with Crippen LogP contribution in [0, 0.1) is 5.92 Å². The third-order valence-electron chi connectivity index (χ3n) is 4.75. The molecule has 2 nitrogen and oxygen atoms in total. The quantitative estimate of drug-likeness (QED) is 0.603. The van der Waals surface area contributed by atoms with E-state index in [0.29, 0.717) is 0 Å². The van der Waals surface area contributed by atoms with E-state index in [-0.39, 0.29) is 0 Å². The van der Waals surface area contributed by atoms with Crippen LogP contribution in [0.15, 0.2) is 0 Å². The van der Waals surface area contributed by atoms with Crippen molar-refractivity contribution in [1.29, 1.82) is 0 Å². The first-order valence-corrected chi connectivity index (χ1v) is 6.95. The van der Waals surface area contributed by atoms with E-state index in [1.165, 1.54) is 58.3 Å². The van der Waals surface area contributed by atoms with Gasteiger partial charge in [-0.05, 0) is 31.6 Å². The minimum Gasteiger partial charge on any atom is -0.328 e. The summed E-state index contributed by atoms with van der Waals surface area (Å²) < 4.78 is 0. The van der Waals surface area contributed by atoms with Crippen LogP contribution in [0.5, 0.6) is 0 Å². The predicted molar refractivity (Wildman–Crippen MR) is 63.4 cm³/mol. The van der Waals surface area contributed by atoms with Gasteiger partial charge in [-0.2, -0.15) is 0 Å². The Morgan fingerprint density at radius 3 is 2.07 bits per heavy atom. The van der Waals surface area contributed by atoms with Crippen LogP contribution >= 0.6 is 0 Å². The summed E-state index contributed by atoms with van der Waals surface area (Å²) in [6.07, 6.45) is 7.44. The van der Waals surface area contributed by atoms with Gasteiger partial charge in [-0.25, -0.2) is 0 Å². The van der Waals surface area contributed by atoms with Crippen molar-refractivity contribution in [2.45, 2.75) is 45.1 Å². The third kappa shape index (κ3) is 2.94. The summed E-state index contributed by atoms with van der Waals surface area (Å²) in [6, 6.07) is 1.01. The van der Waals surface area contributed by atoms with Gasteiger partial charge >= 0.3 is 0 Å². The molecule has 0 spiro atoms. The molecule has 0 aromatic heterocycles. The molecular formula is C13H28N2+2. The maximum Gasteiger partial charge on any atom is 0.127 e. The summed E-state index contributed by atoms with van der Waals surface area (Å²) in [5.41, 5.74) is 0. The molecule has 2 fully saturated rings. The van der Waals surface area contributed by atoms with E-state index in [2.05, 4.69) is 14.0 Å². The van der Waals surface area contributed by atoms with Crippen LogP contribution in [0.2, 0.25) is 0 Å². The highest BCUT2D eigenvalue weighted by atomic mass is 15.3. The standard InChI is InChI=1S/C13H26N2/c1-3-12-4-6-13(7-5-12)15-10-8-14(2)9-11-15/h12-13H,3-11H2,1-2H3/p+2. The lowest BCUT2D eigenvalue weighted by molar-refractivity contribution is -1.02. The van der Waals surface area contributed by atoms with Crippen molar-refractivity contribution >= 4 is 0 Å². The van der Waals surface area contributed by atoms with Crippen molar-refractivity contribution in [2.75, 3.05) is 33.2 Å². The van der Waals surface area contributed by atoms with Crippen molar-refractivity contribution in [3.63, 3.8) is 0 Å². The molecule has 2 N–H and O–H groups in total. The van der Waals surface area contributed by atoms with E-state index < -0.39 is 0 Å². The molecule has 15 heavy (non-hydrogen) atoms. The second-order valence-corrected chi connectivity index (χ2v) is 5.74. The predicted octanol–water partition coefficient (Wildman–Crippen LogP) is -0.632. The molecule has 0 bridgehead atoms. The molecule has 0 unspecified atom stereocenters. The van der Waals surface area contributed by atoms with Crippen LogP contribution in [-0.4, -0.2) is 39.3 Å². The van der Waals surface area contributed by atoms with Crippen LogP contribution in [0.25, 0.3) is 0 Å². The fraction of sp³-hybridized carbons (Fsp3) is 1.00. The summed E-state index contributed by atoms with van der Waals surface area (Å²) in [4.78, 5) is 3.66. The summed E-state index contributed by atoms with van der Waals surface area (Å²) in [6.45, 7) is 7.99. The van der Waals surface area contributed by atoms with Gasteiger partial charge in [0.15, 0.2) is 0 Å². The zero-order valence-electron chi connectivity index (χ0n) is 10.5. The first kappa shape index (κ1) is 11.4. The number of hydrogen-bond acceptors (Lipinski definition) is 0. The Bertz CT molecular complexity index is 177. The maximum atomic E-state index is 2.36. The van der Waals surface area contributed by atoms with Crippen molar-refractivity contribution in [3.05, 3.63) is 0 Å². The summed E-state index contributed by atoms with van der Waals surface area (Å²) >= 11 is 0. The van der Waals surface area contributed by atoms with Gasteiger partial charge in [-0.1, -0.05) is 13.3 Å². The molecule has 2 heteroatoms. The van der Waals surface area contributed by atoms with Crippen molar-refractivity contribution < 1.29 is 9.80 Å². The molecule has 0 radical (unpaired) electrons. The number of hydrogen-bond donors (Lipinski definition) is 2. The van der Waals surface area contributed by atoms with Gasteiger partial charge in [0.1, 0.15) is 26.2 Å². The molecule has 2 aliphatic rings. The minimum absolute atomic E-state index is 1.01. The highest BCUT2D eigenvalue weighted by molar-refractivity contribution is 4.71. The zero-order chi connectivity index (χ0) is 10.7. The van der Waals surface area contributed by atoms with Crippen molar-refractivity contribution in [3.8, 4) is 0 Å². The SMILES string of the molecule is CCC1CCC([NH+]2CC[NH+](C)CC2)CC1. The first-order chi connectivity index (χ1) is 7.29. The highest BCUT2D eigenvalue weighted by Gasteiger charge is 2.31. The molecule has 1 saturated heterocycles. The van der Waals surface area contributed by atoms with Crippen LogP contribution in [0.3, 0.4) is 0 Å². The average molecular weight is 212 g/mol. The van der Waals surface area contributed by atoms with Gasteiger partial charge < -0.3 is 9.80 Å². The second-order valence-electron chi connectivity index (χ2n) is 5.74. The van der Waals surface area contributed by atoms with Gasteiger partial charge in [-0.15, -0.1) is 0 Å². The van der Waals surface area contributed by atoms with Crippen LogP contribution < -0.4 is 9.80 Å². The molecule has 1 heterocycles. The van der Waals surface area contributed by atoms with E-state index in [1.807, 2.05) is 4.90 Å². The molecular weight excluding hydrogens is 184 g/mol. The van der Waals surface area contributed by atoms with E-state index in [1.54, 1.807) is 4.90 Å². The Morgan fingerprint density at radius 1 is 0.933 bits per heavy atom. The monoisotopic (exact) mass is 212 g/mol. The lowest BCUT2D eigenvalue weighted by Gasteiger charge is -2.36. The smallest absolute Gasteiger partial charge is 0.127 e. The van der Waals surface area contributed by atoms with Gasteiger partial charge in [-0.3, -0.25) is 0 Å². The Morgan fingerprint density at radius 2 is 1.53 bits per heavy atom. The Balaban J connectivity index is 1.75. The first-order valence-electron chi connectivity index (χ1n) is 6.95. The summed E-state index contributed by atoms with van der Waals surface area (Å²) in [5, 5.41) is 0. The normalized spacial score (nSPS) is 42.8. The van der Waals surface area contributed by atoms with E-state index >= 15 is 0 Å². The average Bonchev–Trinajstić information content (AvgIpc) is 2.30. The molecule has 0 atom stereocenters. The fourth-order valence-corrected chi connectivity index (χ4v) is 3.39. The Labute approximate surface area is 94.6 Å². The number of likely N-dealkylation sites (N-methyl/N-ethyl adjacent to an activating group) is 1. The number of nitrogens with one attached hydrogen (secondary N) is 2.